The summed E-state index contributed by atoms with van der Waals surface area (Å²) in [7, 11) is 2.19. The number of fused-ring (bicyclic) bond motifs is 1. The third-order valence-corrected chi connectivity index (χ3v) is 4.43. The van der Waals surface area contributed by atoms with E-state index in [4.69, 9.17) is 0 Å². The van der Waals surface area contributed by atoms with Crippen molar-refractivity contribution in [2.45, 2.75) is 40.2 Å². The molecule has 0 saturated carbocycles. The predicted octanol–water partition coefficient (Wildman–Crippen LogP) is 3.45. The van der Waals surface area contributed by atoms with Gasteiger partial charge in [-0.05, 0) is 48.4 Å². The number of hydrogen-bond acceptors (Lipinski definition) is 2. The molecule has 1 N–H and O–H groups in total. The van der Waals surface area contributed by atoms with Gasteiger partial charge in [0.15, 0.2) is 0 Å². The summed E-state index contributed by atoms with van der Waals surface area (Å²) in [6.07, 6.45) is 2.51. The van der Waals surface area contributed by atoms with E-state index < -0.39 is 0 Å². The van der Waals surface area contributed by atoms with Crippen LogP contribution < -0.4 is 10.2 Å². The number of nitrogens with zero attached hydrogens (tertiary/aromatic N) is 1. The Labute approximate surface area is 118 Å². The summed E-state index contributed by atoms with van der Waals surface area (Å²) >= 11 is 0. The van der Waals surface area contributed by atoms with E-state index in [1.807, 2.05) is 0 Å². The van der Waals surface area contributed by atoms with Crippen molar-refractivity contribution in [3.05, 3.63) is 29.3 Å². The average molecular weight is 260 g/mol. The molecule has 1 heterocycles. The van der Waals surface area contributed by atoms with Crippen LogP contribution in [-0.4, -0.2) is 20.1 Å². The third-order valence-electron chi connectivity index (χ3n) is 4.43. The van der Waals surface area contributed by atoms with Crippen molar-refractivity contribution in [1.82, 2.24) is 5.32 Å². The van der Waals surface area contributed by atoms with E-state index in [2.05, 4.69) is 56.2 Å². The maximum Gasteiger partial charge on any atom is 0.0396 e. The summed E-state index contributed by atoms with van der Waals surface area (Å²) < 4.78 is 0. The Morgan fingerprint density at radius 3 is 2.79 bits per heavy atom. The lowest BCUT2D eigenvalue weighted by Crippen LogP contribution is -2.26. The van der Waals surface area contributed by atoms with Gasteiger partial charge in [-0.1, -0.05) is 32.9 Å². The number of nitrogens with one attached hydrogen (secondary N) is 1. The Morgan fingerprint density at radius 1 is 1.26 bits per heavy atom. The van der Waals surface area contributed by atoms with Crippen molar-refractivity contribution < 1.29 is 0 Å². The van der Waals surface area contributed by atoms with Crippen molar-refractivity contribution in [2.75, 3.05) is 25.0 Å². The van der Waals surface area contributed by atoms with Gasteiger partial charge in [0.05, 0.1) is 0 Å². The van der Waals surface area contributed by atoms with Crippen molar-refractivity contribution in [3.8, 4) is 0 Å². The minimum Gasteiger partial charge on any atom is -0.374 e. The first-order valence-corrected chi connectivity index (χ1v) is 7.61. The third kappa shape index (κ3) is 3.73. The number of anilines is 1. The highest BCUT2D eigenvalue weighted by Crippen LogP contribution is 2.26. The molecule has 0 amide bonds. The minimum absolute atomic E-state index is 0.740. The fourth-order valence-electron chi connectivity index (χ4n) is 2.63. The molecule has 0 aliphatic carbocycles. The van der Waals surface area contributed by atoms with E-state index in [1.54, 1.807) is 0 Å². The predicted molar refractivity (Wildman–Crippen MR) is 83.7 cm³/mol. The molecule has 19 heavy (non-hydrogen) atoms. The topological polar surface area (TPSA) is 15.3 Å². The lowest BCUT2D eigenvalue weighted by atomic mass is 9.97. The quantitative estimate of drug-likeness (QED) is 0.872. The van der Waals surface area contributed by atoms with Gasteiger partial charge in [0.1, 0.15) is 0 Å². The first-order chi connectivity index (χ1) is 9.08. The van der Waals surface area contributed by atoms with E-state index in [-0.39, 0.29) is 0 Å². The van der Waals surface area contributed by atoms with Gasteiger partial charge in [0.2, 0.25) is 0 Å². The van der Waals surface area contributed by atoms with Gasteiger partial charge in [-0.2, -0.15) is 0 Å². The molecular formula is C17H28N2. The molecule has 0 radical (unpaired) electrons. The first-order valence-electron chi connectivity index (χ1n) is 7.61. The number of hydrogen-bond donors (Lipinski definition) is 1. The standard InChI is InChI=1S/C17H28N2/c1-13(2)14(3)11-18-12-15-7-8-17-16(10-15)6-5-9-19(17)4/h7-8,10,13-14,18H,5-6,9,11-12H2,1-4H3. The van der Waals surface area contributed by atoms with Gasteiger partial charge in [-0.3, -0.25) is 0 Å². The van der Waals surface area contributed by atoms with Crippen LogP contribution in [0.4, 0.5) is 5.69 Å². The van der Waals surface area contributed by atoms with Crippen LogP contribution in [0.3, 0.4) is 0 Å². The molecule has 1 aromatic rings. The average Bonchev–Trinajstić information content (AvgIpc) is 2.38. The SMILES string of the molecule is CC(C)C(C)CNCc1ccc2c(c1)CCCN2C. The van der Waals surface area contributed by atoms with Gasteiger partial charge in [0.25, 0.3) is 0 Å². The highest BCUT2D eigenvalue weighted by molar-refractivity contribution is 5.56. The van der Waals surface area contributed by atoms with Crippen molar-refractivity contribution in [3.63, 3.8) is 0 Å². The maximum absolute atomic E-state index is 3.59. The van der Waals surface area contributed by atoms with Crippen molar-refractivity contribution >= 4 is 5.69 Å². The normalized spacial score (nSPS) is 16.6. The molecule has 0 saturated heterocycles. The molecular weight excluding hydrogens is 232 g/mol. The van der Waals surface area contributed by atoms with Crippen LogP contribution in [0.2, 0.25) is 0 Å². The Hall–Kier alpha value is -1.02. The Morgan fingerprint density at radius 2 is 2.05 bits per heavy atom. The molecule has 2 nitrogen and oxygen atoms in total. The molecule has 106 valence electrons. The smallest absolute Gasteiger partial charge is 0.0396 e. The zero-order valence-electron chi connectivity index (χ0n) is 12.9. The van der Waals surface area contributed by atoms with E-state index >= 15 is 0 Å². The molecule has 2 rings (SSSR count). The molecule has 1 aromatic carbocycles. The van der Waals surface area contributed by atoms with E-state index in [9.17, 15) is 0 Å². The van der Waals surface area contributed by atoms with Crippen LogP contribution in [0.25, 0.3) is 0 Å². The molecule has 1 aliphatic heterocycles. The fourth-order valence-corrected chi connectivity index (χ4v) is 2.63. The van der Waals surface area contributed by atoms with Gasteiger partial charge < -0.3 is 10.2 Å². The highest BCUT2D eigenvalue weighted by Gasteiger charge is 2.13. The number of rotatable bonds is 5. The zero-order valence-corrected chi connectivity index (χ0v) is 12.9. The van der Waals surface area contributed by atoms with Crippen LogP contribution in [0.5, 0.6) is 0 Å². The summed E-state index contributed by atoms with van der Waals surface area (Å²) in [5, 5.41) is 3.59. The second-order valence-corrected chi connectivity index (χ2v) is 6.34. The second-order valence-electron chi connectivity index (χ2n) is 6.34. The lowest BCUT2D eigenvalue weighted by Gasteiger charge is -2.28. The summed E-state index contributed by atoms with van der Waals surface area (Å²) in [6.45, 7) is 10.2. The van der Waals surface area contributed by atoms with Crippen molar-refractivity contribution in [2.24, 2.45) is 11.8 Å². The lowest BCUT2D eigenvalue weighted by molar-refractivity contribution is 0.392. The molecule has 0 bridgehead atoms. The molecule has 1 unspecified atom stereocenters. The number of aryl methyl sites for hydroxylation is 1. The fraction of sp³-hybridized carbons (Fsp3) is 0.647. The van der Waals surface area contributed by atoms with Crippen LogP contribution >= 0.6 is 0 Å². The Kier molecular flexibility index (Phi) is 4.87. The molecule has 0 fully saturated rings. The monoisotopic (exact) mass is 260 g/mol. The Balaban J connectivity index is 1.91. The highest BCUT2D eigenvalue weighted by atomic mass is 15.1. The minimum atomic E-state index is 0.740. The van der Waals surface area contributed by atoms with Crippen molar-refractivity contribution in [1.29, 1.82) is 0 Å². The first kappa shape index (κ1) is 14.4. The Bertz CT molecular complexity index is 412. The van der Waals surface area contributed by atoms with E-state index in [1.165, 1.54) is 36.2 Å². The van der Waals surface area contributed by atoms with Gasteiger partial charge >= 0.3 is 0 Å². The molecule has 0 spiro atoms. The summed E-state index contributed by atoms with van der Waals surface area (Å²) in [4.78, 5) is 2.37. The van der Waals surface area contributed by atoms with Crippen LogP contribution in [0.15, 0.2) is 18.2 Å². The van der Waals surface area contributed by atoms with E-state index in [0.29, 0.717) is 0 Å². The number of benzene rings is 1. The molecule has 1 aliphatic rings. The second kappa shape index (κ2) is 6.42. The molecule has 2 heteroatoms. The van der Waals surface area contributed by atoms with Crippen LogP contribution in [-0.2, 0) is 13.0 Å². The summed E-state index contributed by atoms with van der Waals surface area (Å²) in [5.74, 6) is 1.49. The largest absolute Gasteiger partial charge is 0.374 e. The maximum atomic E-state index is 3.59. The zero-order chi connectivity index (χ0) is 13.8. The van der Waals surface area contributed by atoms with E-state index in [0.717, 1.165) is 24.9 Å². The molecule has 0 aromatic heterocycles. The summed E-state index contributed by atoms with van der Waals surface area (Å²) in [6, 6.07) is 6.95. The summed E-state index contributed by atoms with van der Waals surface area (Å²) in [5.41, 5.74) is 4.36. The van der Waals surface area contributed by atoms with Gasteiger partial charge in [0, 0.05) is 25.8 Å². The van der Waals surface area contributed by atoms with Gasteiger partial charge in [-0.15, -0.1) is 0 Å². The van der Waals surface area contributed by atoms with Crippen LogP contribution in [0, 0.1) is 11.8 Å². The molecule has 1 atom stereocenters. The van der Waals surface area contributed by atoms with Crippen LogP contribution in [0.1, 0.15) is 38.3 Å². The van der Waals surface area contributed by atoms with Gasteiger partial charge in [-0.25, -0.2) is 0 Å².